The van der Waals surface area contributed by atoms with E-state index in [0.717, 1.165) is 18.5 Å². The summed E-state index contributed by atoms with van der Waals surface area (Å²) in [7, 11) is 0. The molecule has 1 rings (SSSR count). The number of aromatic nitrogens is 1. The number of nitrogens with zero attached hydrogens (tertiary/aromatic N) is 1. The van der Waals surface area contributed by atoms with Crippen LogP contribution in [-0.4, -0.2) is 16.1 Å². The van der Waals surface area contributed by atoms with Gasteiger partial charge in [-0.1, -0.05) is 103 Å². The van der Waals surface area contributed by atoms with Crippen LogP contribution in [0, 0.1) is 0 Å². The van der Waals surface area contributed by atoms with Crippen LogP contribution < -0.4 is 0 Å². The summed E-state index contributed by atoms with van der Waals surface area (Å²) in [6, 6.07) is 3.26. The topological polar surface area (TPSA) is 50.2 Å². The molecule has 0 aromatic carbocycles. The summed E-state index contributed by atoms with van der Waals surface area (Å²) in [5.41, 5.74) is 1.25. The van der Waals surface area contributed by atoms with Crippen molar-refractivity contribution in [2.45, 2.75) is 116 Å². The first-order chi connectivity index (χ1) is 13.2. The van der Waals surface area contributed by atoms with Crippen LogP contribution in [0.2, 0.25) is 0 Å². The van der Waals surface area contributed by atoms with Crippen molar-refractivity contribution in [2.24, 2.45) is 0 Å². The zero-order valence-corrected chi connectivity index (χ0v) is 17.6. The number of rotatable bonds is 18. The number of hydrogen-bond donors (Lipinski definition) is 1. The number of carboxylic acids is 1. The summed E-state index contributed by atoms with van der Waals surface area (Å²) in [6.07, 6.45) is 24.4. The third-order valence-electron chi connectivity index (χ3n) is 5.35. The van der Waals surface area contributed by atoms with Gasteiger partial charge >= 0.3 is 5.97 Å². The predicted molar refractivity (Wildman–Crippen MR) is 114 cm³/mol. The van der Waals surface area contributed by atoms with E-state index in [4.69, 9.17) is 5.11 Å². The van der Waals surface area contributed by atoms with Gasteiger partial charge in [0.25, 0.3) is 0 Å². The van der Waals surface area contributed by atoms with Gasteiger partial charge < -0.3 is 5.11 Å². The van der Waals surface area contributed by atoms with E-state index < -0.39 is 5.97 Å². The Hall–Kier alpha value is -1.38. The average molecular weight is 376 g/mol. The molecule has 1 N–H and O–H groups in total. The van der Waals surface area contributed by atoms with E-state index in [1.807, 2.05) is 0 Å². The quantitative estimate of drug-likeness (QED) is 0.269. The van der Waals surface area contributed by atoms with E-state index in [1.54, 1.807) is 18.3 Å². The molecule has 0 bridgehead atoms. The van der Waals surface area contributed by atoms with Crippen LogP contribution in [0.25, 0.3) is 0 Å². The molecule has 0 spiro atoms. The van der Waals surface area contributed by atoms with Gasteiger partial charge in [-0.05, 0) is 25.0 Å². The zero-order chi connectivity index (χ0) is 19.6. The Kier molecular flexibility index (Phi) is 14.7. The van der Waals surface area contributed by atoms with Crippen LogP contribution in [0.1, 0.15) is 126 Å². The lowest BCUT2D eigenvalue weighted by Crippen LogP contribution is -1.99. The molecule has 0 atom stereocenters. The highest BCUT2D eigenvalue weighted by Crippen LogP contribution is 2.14. The number of aromatic carboxylic acids is 1. The number of carboxylic acid groups (broad SMARTS) is 1. The predicted octanol–water partition coefficient (Wildman–Crippen LogP) is 7.58. The third-order valence-corrected chi connectivity index (χ3v) is 5.35. The van der Waals surface area contributed by atoms with Crippen molar-refractivity contribution >= 4 is 5.97 Å². The highest BCUT2D eigenvalue weighted by atomic mass is 16.4. The second kappa shape index (κ2) is 16.8. The molecule has 1 aromatic rings. The van der Waals surface area contributed by atoms with Crippen molar-refractivity contribution in [3.63, 3.8) is 0 Å². The van der Waals surface area contributed by atoms with E-state index >= 15 is 0 Å². The lowest BCUT2D eigenvalue weighted by molar-refractivity contribution is 0.0696. The molecule has 0 unspecified atom stereocenters. The molecule has 0 fully saturated rings. The zero-order valence-electron chi connectivity index (χ0n) is 17.6. The summed E-state index contributed by atoms with van der Waals surface area (Å²) in [5, 5.41) is 8.99. The summed E-state index contributed by atoms with van der Waals surface area (Å²) < 4.78 is 0. The van der Waals surface area contributed by atoms with Gasteiger partial charge in [-0.15, -0.1) is 0 Å². The van der Waals surface area contributed by atoms with Crippen molar-refractivity contribution < 1.29 is 9.90 Å². The second-order valence-corrected chi connectivity index (χ2v) is 7.89. The smallest absolute Gasteiger partial charge is 0.335 e. The molecule has 0 amide bonds. The lowest BCUT2D eigenvalue weighted by atomic mass is 10.0. The van der Waals surface area contributed by atoms with Gasteiger partial charge in [0.05, 0.1) is 5.56 Å². The number of hydrogen-bond acceptors (Lipinski definition) is 2. The van der Waals surface area contributed by atoms with Gasteiger partial charge in [0.15, 0.2) is 0 Å². The molecule has 0 saturated heterocycles. The Bertz CT molecular complexity index is 487. The molecular weight excluding hydrogens is 334 g/mol. The molecule has 154 valence electrons. The van der Waals surface area contributed by atoms with Crippen LogP contribution in [-0.2, 0) is 6.42 Å². The lowest BCUT2D eigenvalue weighted by Gasteiger charge is -2.04. The molecule has 0 aliphatic carbocycles. The Labute approximate surface area is 167 Å². The van der Waals surface area contributed by atoms with E-state index in [0.29, 0.717) is 5.56 Å². The van der Waals surface area contributed by atoms with Crippen LogP contribution in [0.3, 0.4) is 0 Å². The van der Waals surface area contributed by atoms with Crippen molar-refractivity contribution in [3.8, 4) is 0 Å². The van der Waals surface area contributed by atoms with E-state index in [-0.39, 0.29) is 0 Å². The molecule has 3 nitrogen and oxygen atoms in total. The average Bonchev–Trinajstić information content (AvgIpc) is 2.68. The maximum atomic E-state index is 10.9. The van der Waals surface area contributed by atoms with E-state index in [9.17, 15) is 4.79 Å². The first kappa shape index (κ1) is 23.7. The molecule has 0 radical (unpaired) electrons. The maximum absolute atomic E-state index is 10.9. The van der Waals surface area contributed by atoms with Crippen molar-refractivity contribution in [1.82, 2.24) is 4.98 Å². The molecule has 3 heteroatoms. The normalized spacial score (nSPS) is 11.0. The van der Waals surface area contributed by atoms with Gasteiger partial charge in [-0.3, -0.25) is 4.98 Å². The molecule has 0 saturated carbocycles. The summed E-state index contributed by atoms with van der Waals surface area (Å²) in [5.74, 6) is -0.870. The first-order valence-electron chi connectivity index (χ1n) is 11.4. The highest BCUT2D eigenvalue weighted by molar-refractivity contribution is 5.87. The fourth-order valence-corrected chi connectivity index (χ4v) is 3.60. The first-order valence-corrected chi connectivity index (χ1v) is 11.4. The van der Waals surface area contributed by atoms with Gasteiger partial charge in [0.2, 0.25) is 0 Å². The molecular formula is C24H41NO2. The Balaban J connectivity index is 1.83. The SMILES string of the molecule is CCCCCCCCCCCCCCCCCCc1cc(C(=O)O)ccn1. The van der Waals surface area contributed by atoms with E-state index in [1.165, 1.54) is 96.3 Å². The van der Waals surface area contributed by atoms with Crippen molar-refractivity contribution in [2.75, 3.05) is 0 Å². The minimum atomic E-state index is -0.870. The largest absolute Gasteiger partial charge is 0.478 e. The van der Waals surface area contributed by atoms with Crippen molar-refractivity contribution in [1.29, 1.82) is 0 Å². The Morgan fingerprint density at radius 2 is 1.22 bits per heavy atom. The molecule has 0 aliphatic rings. The number of aryl methyl sites for hydroxylation is 1. The Morgan fingerprint density at radius 3 is 1.67 bits per heavy atom. The fourth-order valence-electron chi connectivity index (χ4n) is 3.60. The van der Waals surface area contributed by atoms with Crippen LogP contribution in [0.5, 0.6) is 0 Å². The Morgan fingerprint density at radius 1 is 0.778 bits per heavy atom. The monoisotopic (exact) mass is 375 g/mol. The molecule has 27 heavy (non-hydrogen) atoms. The van der Waals surface area contributed by atoms with Gasteiger partial charge in [-0.2, -0.15) is 0 Å². The fraction of sp³-hybridized carbons (Fsp3) is 0.750. The number of unbranched alkanes of at least 4 members (excludes halogenated alkanes) is 15. The van der Waals surface area contributed by atoms with Gasteiger partial charge in [0, 0.05) is 11.9 Å². The van der Waals surface area contributed by atoms with Gasteiger partial charge in [-0.25, -0.2) is 4.79 Å². The summed E-state index contributed by atoms with van der Waals surface area (Å²) in [4.78, 5) is 15.2. The number of pyridine rings is 1. The second-order valence-electron chi connectivity index (χ2n) is 7.89. The highest BCUT2D eigenvalue weighted by Gasteiger charge is 2.04. The van der Waals surface area contributed by atoms with Crippen LogP contribution in [0.4, 0.5) is 0 Å². The standard InChI is InChI=1S/C24H41NO2/c1-2-3-4-5-6-7-8-9-10-11-12-13-14-15-16-17-18-23-21-22(24(26)27)19-20-25-23/h19-21H,2-18H2,1H3,(H,26,27). The maximum Gasteiger partial charge on any atom is 0.335 e. The minimum Gasteiger partial charge on any atom is -0.478 e. The van der Waals surface area contributed by atoms with Crippen LogP contribution in [0.15, 0.2) is 18.3 Å². The van der Waals surface area contributed by atoms with Crippen molar-refractivity contribution in [3.05, 3.63) is 29.6 Å². The van der Waals surface area contributed by atoms with Crippen LogP contribution >= 0.6 is 0 Å². The van der Waals surface area contributed by atoms with E-state index in [2.05, 4.69) is 11.9 Å². The summed E-state index contributed by atoms with van der Waals surface area (Å²) in [6.45, 7) is 2.28. The molecule has 1 heterocycles. The van der Waals surface area contributed by atoms with Gasteiger partial charge in [0.1, 0.15) is 0 Å². The molecule has 0 aliphatic heterocycles. The third kappa shape index (κ3) is 13.4. The minimum absolute atomic E-state index is 0.344. The number of carbonyl (C=O) groups is 1. The molecule has 1 aromatic heterocycles. The summed E-state index contributed by atoms with van der Waals surface area (Å²) >= 11 is 0.